The molecule has 2 aromatic rings. The maximum atomic E-state index is 12.9. The molecule has 0 aliphatic carbocycles. The Kier molecular flexibility index (Phi) is 7.23. The molecule has 1 unspecified atom stereocenters. The fourth-order valence-corrected chi connectivity index (χ4v) is 4.90. The second-order valence-electron chi connectivity index (χ2n) is 9.12. The summed E-state index contributed by atoms with van der Waals surface area (Å²) in [4.78, 5) is 27.0. The van der Waals surface area contributed by atoms with Crippen LogP contribution in [0.1, 0.15) is 33.6 Å². The van der Waals surface area contributed by atoms with Crippen LogP contribution in [0.3, 0.4) is 0 Å². The van der Waals surface area contributed by atoms with Crippen molar-refractivity contribution in [3.8, 4) is 5.75 Å². The van der Waals surface area contributed by atoms with Crippen molar-refractivity contribution in [2.45, 2.75) is 38.5 Å². The van der Waals surface area contributed by atoms with Crippen molar-refractivity contribution in [1.82, 2.24) is 4.90 Å². The van der Waals surface area contributed by atoms with Crippen molar-refractivity contribution in [3.05, 3.63) is 47.5 Å². The maximum Gasteiger partial charge on any atom is 0.261 e. The van der Waals surface area contributed by atoms with Crippen LogP contribution in [0.5, 0.6) is 5.75 Å². The Labute approximate surface area is 199 Å². The van der Waals surface area contributed by atoms with Gasteiger partial charge in [-0.3, -0.25) is 14.3 Å². The lowest BCUT2D eigenvalue weighted by molar-refractivity contribution is -0.142. The van der Waals surface area contributed by atoms with Crippen LogP contribution in [0.2, 0.25) is 5.02 Å². The second-order valence-corrected chi connectivity index (χ2v) is 11.2. The molecule has 2 amide bonds. The number of aromatic hydroxyl groups is 1. The van der Waals surface area contributed by atoms with Gasteiger partial charge in [0.15, 0.2) is 0 Å². The van der Waals surface area contributed by atoms with Crippen molar-refractivity contribution >= 4 is 44.8 Å². The highest BCUT2D eigenvalue weighted by atomic mass is 35.5. The highest BCUT2D eigenvalue weighted by Gasteiger charge is 2.33. The quantitative estimate of drug-likeness (QED) is 0.543. The number of likely N-dealkylation sites (tertiary alicyclic amines) is 1. The normalized spacial score (nSPS) is 16.8. The van der Waals surface area contributed by atoms with Gasteiger partial charge in [0.2, 0.25) is 11.8 Å². The van der Waals surface area contributed by atoms with E-state index in [2.05, 4.69) is 10.0 Å². The molecule has 1 aliphatic heterocycles. The first-order valence-electron chi connectivity index (χ1n) is 10.6. The molecule has 8 nitrogen and oxygen atoms in total. The van der Waals surface area contributed by atoms with Gasteiger partial charge in [0.05, 0.1) is 22.2 Å². The average Bonchev–Trinajstić information content (AvgIpc) is 2.73. The Morgan fingerprint density at radius 3 is 2.55 bits per heavy atom. The number of halogens is 1. The zero-order valence-electron chi connectivity index (χ0n) is 18.8. The Morgan fingerprint density at radius 1 is 1.15 bits per heavy atom. The van der Waals surface area contributed by atoms with Gasteiger partial charge < -0.3 is 15.3 Å². The van der Waals surface area contributed by atoms with Crippen LogP contribution < -0.4 is 10.0 Å². The molecule has 0 saturated carbocycles. The highest BCUT2D eigenvalue weighted by molar-refractivity contribution is 7.92. The molecule has 1 fully saturated rings. The molecule has 0 bridgehead atoms. The van der Waals surface area contributed by atoms with E-state index >= 15 is 0 Å². The number of carbonyl (C=O) groups excluding carboxylic acids is 2. The molecular weight excluding hydrogens is 466 g/mol. The van der Waals surface area contributed by atoms with E-state index in [0.29, 0.717) is 24.4 Å². The smallest absolute Gasteiger partial charge is 0.261 e. The number of rotatable bonds is 5. The molecule has 33 heavy (non-hydrogen) atoms. The molecule has 1 saturated heterocycles. The van der Waals surface area contributed by atoms with E-state index in [1.165, 1.54) is 24.3 Å². The fourth-order valence-electron chi connectivity index (χ4n) is 3.63. The second kappa shape index (κ2) is 9.61. The molecule has 3 rings (SSSR count). The number of piperidine rings is 1. The first-order chi connectivity index (χ1) is 15.4. The molecular formula is C23H28ClN3O5S. The van der Waals surface area contributed by atoms with Crippen molar-refractivity contribution < 1.29 is 23.1 Å². The van der Waals surface area contributed by atoms with Gasteiger partial charge in [-0.15, -0.1) is 0 Å². The predicted octanol–water partition coefficient (Wildman–Crippen LogP) is 4.07. The summed E-state index contributed by atoms with van der Waals surface area (Å²) in [5.41, 5.74) is -0.282. The zero-order valence-corrected chi connectivity index (χ0v) is 20.3. The van der Waals surface area contributed by atoms with Gasteiger partial charge in [-0.25, -0.2) is 8.42 Å². The van der Waals surface area contributed by atoms with Gasteiger partial charge in [0.25, 0.3) is 10.0 Å². The largest absolute Gasteiger partial charge is 0.506 e. The van der Waals surface area contributed by atoms with E-state index in [1.54, 1.807) is 23.1 Å². The number of nitrogens with zero attached hydrogens (tertiary/aromatic N) is 1. The van der Waals surface area contributed by atoms with E-state index in [0.717, 1.165) is 0 Å². The van der Waals surface area contributed by atoms with E-state index in [4.69, 9.17) is 11.6 Å². The minimum Gasteiger partial charge on any atom is -0.506 e. The Hall–Kier alpha value is -2.78. The topological polar surface area (TPSA) is 116 Å². The summed E-state index contributed by atoms with van der Waals surface area (Å²) in [5.74, 6) is -1.13. The SMILES string of the molecule is CC(C)(C)C(=O)N1CCCC(C(=O)Nc2cc(S(=O)(=O)Nc3cccc(Cl)c3)ccc2O)C1. The van der Waals surface area contributed by atoms with Gasteiger partial charge in [-0.2, -0.15) is 0 Å². The summed E-state index contributed by atoms with van der Waals surface area (Å²) >= 11 is 5.91. The molecule has 1 atom stereocenters. The van der Waals surface area contributed by atoms with Crippen molar-refractivity contribution in [3.63, 3.8) is 0 Å². The van der Waals surface area contributed by atoms with Crippen LogP contribution in [-0.4, -0.2) is 43.3 Å². The molecule has 0 aromatic heterocycles. The third kappa shape index (κ3) is 6.17. The van der Waals surface area contributed by atoms with Crippen LogP contribution in [0.15, 0.2) is 47.4 Å². The van der Waals surface area contributed by atoms with Crippen molar-refractivity contribution in [2.24, 2.45) is 11.3 Å². The van der Waals surface area contributed by atoms with Crippen LogP contribution in [0, 0.1) is 11.3 Å². The van der Waals surface area contributed by atoms with E-state index in [9.17, 15) is 23.1 Å². The molecule has 10 heteroatoms. The maximum absolute atomic E-state index is 12.9. The number of hydrogen-bond donors (Lipinski definition) is 3. The number of hydrogen-bond acceptors (Lipinski definition) is 5. The summed E-state index contributed by atoms with van der Waals surface area (Å²) < 4.78 is 28.0. The van der Waals surface area contributed by atoms with E-state index in [1.807, 2.05) is 20.8 Å². The lowest BCUT2D eigenvalue weighted by Gasteiger charge is -2.35. The molecule has 1 aliphatic rings. The van der Waals surface area contributed by atoms with Crippen molar-refractivity contribution in [1.29, 1.82) is 0 Å². The number of amides is 2. The predicted molar refractivity (Wildman–Crippen MR) is 128 cm³/mol. The lowest BCUT2D eigenvalue weighted by Crippen LogP contribution is -2.47. The highest BCUT2D eigenvalue weighted by Crippen LogP contribution is 2.30. The van der Waals surface area contributed by atoms with Crippen LogP contribution in [0.25, 0.3) is 0 Å². The van der Waals surface area contributed by atoms with Gasteiger partial charge in [0, 0.05) is 23.5 Å². The van der Waals surface area contributed by atoms with E-state index in [-0.39, 0.29) is 40.4 Å². The standard InChI is InChI=1S/C23H28ClN3O5S/c1-23(2,3)22(30)27-11-5-6-15(14-27)21(29)25-19-13-18(9-10-20(19)28)33(31,32)26-17-8-4-7-16(24)12-17/h4,7-10,12-13,15,26,28H,5-6,11,14H2,1-3H3,(H,25,29). The van der Waals surface area contributed by atoms with E-state index < -0.39 is 21.4 Å². The summed E-state index contributed by atoms with van der Waals surface area (Å²) in [6, 6.07) is 9.90. The van der Waals surface area contributed by atoms with Crippen LogP contribution in [0.4, 0.5) is 11.4 Å². The monoisotopic (exact) mass is 493 g/mol. The van der Waals surface area contributed by atoms with Gasteiger partial charge >= 0.3 is 0 Å². The number of anilines is 2. The first kappa shape index (κ1) is 24.9. The number of carbonyl (C=O) groups is 2. The molecule has 3 N–H and O–H groups in total. The van der Waals surface area contributed by atoms with Crippen LogP contribution >= 0.6 is 11.6 Å². The Bertz CT molecular complexity index is 1160. The molecule has 0 radical (unpaired) electrons. The molecule has 0 spiro atoms. The summed E-state index contributed by atoms with van der Waals surface area (Å²) in [6.45, 7) is 6.37. The van der Waals surface area contributed by atoms with Crippen LogP contribution in [-0.2, 0) is 19.6 Å². The molecule has 1 heterocycles. The molecule has 2 aromatic carbocycles. The Morgan fingerprint density at radius 2 is 1.88 bits per heavy atom. The minimum absolute atomic E-state index is 0.0201. The van der Waals surface area contributed by atoms with Crippen molar-refractivity contribution in [2.75, 3.05) is 23.1 Å². The average molecular weight is 494 g/mol. The Balaban J connectivity index is 1.75. The first-order valence-corrected chi connectivity index (χ1v) is 12.4. The third-order valence-electron chi connectivity index (χ3n) is 5.33. The minimum atomic E-state index is -3.99. The fraction of sp³-hybridized carbons (Fsp3) is 0.391. The lowest BCUT2D eigenvalue weighted by atomic mass is 9.91. The zero-order chi connectivity index (χ0) is 24.4. The summed E-state index contributed by atoms with van der Waals surface area (Å²) in [5, 5.41) is 13.2. The van der Waals surface area contributed by atoms with Gasteiger partial charge in [0.1, 0.15) is 5.75 Å². The van der Waals surface area contributed by atoms with Gasteiger partial charge in [-0.1, -0.05) is 38.4 Å². The number of phenolic OH excluding ortho intramolecular Hbond substituents is 1. The number of phenols is 1. The number of sulfonamides is 1. The number of benzene rings is 2. The number of nitrogens with one attached hydrogen (secondary N) is 2. The third-order valence-corrected chi connectivity index (χ3v) is 6.95. The summed E-state index contributed by atoms with van der Waals surface area (Å²) in [7, 11) is -3.99. The summed E-state index contributed by atoms with van der Waals surface area (Å²) in [6.07, 6.45) is 1.28. The molecule has 178 valence electrons. The van der Waals surface area contributed by atoms with Gasteiger partial charge in [-0.05, 0) is 49.2 Å².